The zero-order chi connectivity index (χ0) is 11.3. The van der Waals surface area contributed by atoms with E-state index in [0.29, 0.717) is 13.2 Å². The summed E-state index contributed by atoms with van der Waals surface area (Å²) in [6.45, 7) is 6.98. The van der Waals surface area contributed by atoms with Crippen molar-refractivity contribution >= 4 is 0 Å². The molecule has 0 unspecified atom stereocenters. The molecule has 0 spiro atoms. The van der Waals surface area contributed by atoms with Crippen LogP contribution in [0.25, 0.3) is 0 Å². The van der Waals surface area contributed by atoms with Crippen LogP contribution in [0.15, 0.2) is 24.3 Å². The van der Waals surface area contributed by atoms with E-state index in [9.17, 15) is 5.11 Å². The van der Waals surface area contributed by atoms with E-state index in [2.05, 4.69) is 19.1 Å². The molecular weight excluding hydrogens is 188 g/mol. The number of hydrogen-bond donors (Lipinski definition) is 1. The molecule has 0 atom stereocenters. The lowest BCUT2D eigenvalue weighted by molar-refractivity contribution is -0.184. The second-order valence-electron chi connectivity index (χ2n) is 3.57. The van der Waals surface area contributed by atoms with E-state index in [1.165, 1.54) is 5.56 Å². The summed E-state index contributed by atoms with van der Waals surface area (Å²) in [5.74, 6) is 0. The lowest BCUT2D eigenvalue weighted by Gasteiger charge is -2.36. The second-order valence-corrected chi connectivity index (χ2v) is 3.57. The topological polar surface area (TPSA) is 29.5 Å². The number of aryl methyl sites for hydroxylation is 1. The van der Waals surface area contributed by atoms with Crippen LogP contribution in [0.1, 0.15) is 31.9 Å². The van der Waals surface area contributed by atoms with Crippen molar-refractivity contribution in [3.8, 4) is 0 Å². The molecule has 1 N–H and O–H groups in total. The van der Waals surface area contributed by atoms with Gasteiger partial charge in [0.15, 0.2) is 0 Å². The van der Waals surface area contributed by atoms with Gasteiger partial charge in [-0.15, -0.1) is 0 Å². The Morgan fingerprint density at radius 1 is 1.20 bits per heavy atom. The first kappa shape index (κ1) is 12.2. The summed E-state index contributed by atoms with van der Waals surface area (Å²) >= 11 is 0. The molecule has 0 saturated carbocycles. The first-order chi connectivity index (χ1) is 7.24. The average Bonchev–Trinajstić information content (AvgIpc) is 2.29. The second kappa shape index (κ2) is 5.29. The van der Waals surface area contributed by atoms with Crippen molar-refractivity contribution in [1.82, 2.24) is 0 Å². The fraction of sp³-hybridized carbons (Fsp3) is 0.538. The average molecular weight is 208 g/mol. The highest BCUT2D eigenvalue weighted by Crippen LogP contribution is 2.29. The first-order valence-corrected chi connectivity index (χ1v) is 5.64. The van der Waals surface area contributed by atoms with Crippen molar-refractivity contribution in [1.29, 1.82) is 0 Å². The number of ether oxygens (including phenoxy) is 1. The third-order valence-corrected chi connectivity index (χ3v) is 2.58. The van der Waals surface area contributed by atoms with E-state index in [4.69, 9.17) is 4.74 Å². The summed E-state index contributed by atoms with van der Waals surface area (Å²) in [7, 11) is 0. The normalized spacial score (nSPS) is 17.3. The van der Waals surface area contributed by atoms with Crippen LogP contribution in [-0.2, 0) is 16.8 Å². The maximum Gasteiger partial charge on any atom is 0.136 e. The van der Waals surface area contributed by atoms with Gasteiger partial charge in [0.25, 0.3) is 0 Å². The standard InChI is InChI=1S/C11H14O2.C2H6/c1-2-9-3-5-10(6-4-9)11(12)7-13-8-11;1-2/h3-6,12H,2,7-8H2,1H3;1-2H3. The van der Waals surface area contributed by atoms with Crippen molar-refractivity contribution in [3.05, 3.63) is 35.4 Å². The predicted octanol–water partition coefficient (Wildman–Crippen LogP) is 2.49. The Labute approximate surface area is 91.9 Å². The molecule has 1 saturated heterocycles. The van der Waals surface area contributed by atoms with E-state index >= 15 is 0 Å². The summed E-state index contributed by atoms with van der Waals surface area (Å²) in [5, 5.41) is 9.92. The zero-order valence-electron chi connectivity index (χ0n) is 9.79. The molecule has 2 rings (SSSR count). The molecule has 1 aromatic rings. The molecule has 1 aliphatic rings. The van der Waals surface area contributed by atoms with E-state index in [1.54, 1.807) is 0 Å². The van der Waals surface area contributed by atoms with Gasteiger partial charge in [-0.05, 0) is 17.5 Å². The number of benzene rings is 1. The maximum absolute atomic E-state index is 9.92. The number of hydrogen-bond acceptors (Lipinski definition) is 2. The number of aliphatic hydroxyl groups is 1. The van der Waals surface area contributed by atoms with E-state index < -0.39 is 5.60 Å². The van der Waals surface area contributed by atoms with Crippen molar-refractivity contribution in [2.45, 2.75) is 32.8 Å². The van der Waals surface area contributed by atoms with Crippen molar-refractivity contribution in [3.63, 3.8) is 0 Å². The molecule has 0 aliphatic carbocycles. The van der Waals surface area contributed by atoms with Crippen molar-refractivity contribution in [2.75, 3.05) is 13.2 Å². The Morgan fingerprint density at radius 2 is 1.73 bits per heavy atom. The Bertz CT molecular complexity index is 286. The van der Waals surface area contributed by atoms with Gasteiger partial charge in [0.05, 0.1) is 13.2 Å². The van der Waals surface area contributed by atoms with Crippen LogP contribution in [0.4, 0.5) is 0 Å². The van der Waals surface area contributed by atoms with Crippen LogP contribution >= 0.6 is 0 Å². The maximum atomic E-state index is 9.92. The van der Waals surface area contributed by atoms with Crippen LogP contribution in [0, 0.1) is 0 Å². The minimum Gasteiger partial charge on any atom is -0.380 e. The summed E-state index contributed by atoms with van der Waals surface area (Å²) in [5.41, 5.74) is 1.55. The van der Waals surface area contributed by atoms with Gasteiger partial charge in [0.2, 0.25) is 0 Å². The Kier molecular flexibility index (Phi) is 4.30. The van der Waals surface area contributed by atoms with E-state index in [1.807, 2.05) is 26.0 Å². The summed E-state index contributed by atoms with van der Waals surface area (Å²) in [6.07, 6.45) is 1.04. The fourth-order valence-corrected chi connectivity index (χ4v) is 1.51. The highest BCUT2D eigenvalue weighted by atomic mass is 16.5. The number of rotatable bonds is 2. The fourth-order valence-electron chi connectivity index (χ4n) is 1.51. The minimum atomic E-state index is -0.716. The zero-order valence-corrected chi connectivity index (χ0v) is 9.79. The quantitative estimate of drug-likeness (QED) is 0.809. The Balaban J connectivity index is 0.000000531. The molecule has 0 bridgehead atoms. The molecular formula is C13H20O2. The highest BCUT2D eigenvalue weighted by molar-refractivity contribution is 5.28. The van der Waals surface area contributed by atoms with Crippen LogP contribution in [0.3, 0.4) is 0 Å². The molecule has 0 aromatic heterocycles. The van der Waals surface area contributed by atoms with Gasteiger partial charge in [0.1, 0.15) is 5.60 Å². The summed E-state index contributed by atoms with van der Waals surface area (Å²) in [4.78, 5) is 0. The predicted molar refractivity (Wildman–Crippen MR) is 61.9 cm³/mol. The molecule has 2 nitrogen and oxygen atoms in total. The monoisotopic (exact) mass is 208 g/mol. The van der Waals surface area contributed by atoms with Crippen LogP contribution < -0.4 is 0 Å². The molecule has 1 heterocycles. The Hall–Kier alpha value is -0.860. The van der Waals surface area contributed by atoms with Gasteiger partial charge < -0.3 is 9.84 Å². The largest absolute Gasteiger partial charge is 0.380 e. The van der Waals surface area contributed by atoms with Gasteiger partial charge in [0, 0.05) is 0 Å². The summed E-state index contributed by atoms with van der Waals surface area (Å²) < 4.78 is 5.00. The molecule has 0 radical (unpaired) electrons. The SMILES string of the molecule is CC.CCc1ccc(C2(O)COC2)cc1. The first-order valence-electron chi connectivity index (χ1n) is 5.64. The highest BCUT2D eigenvalue weighted by Gasteiger charge is 2.37. The van der Waals surface area contributed by atoms with Crippen molar-refractivity contribution in [2.24, 2.45) is 0 Å². The lowest BCUT2D eigenvalue weighted by Crippen LogP contribution is -2.46. The van der Waals surface area contributed by atoms with Crippen LogP contribution in [0.5, 0.6) is 0 Å². The van der Waals surface area contributed by atoms with Gasteiger partial charge in [-0.25, -0.2) is 0 Å². The van der Waals surface area contributed by atoms with Crippen LogP contribution in [0.2, 0.25) is 0 Å². The lowest BCUT2D eigenvalue weighted by atomic mass is 9.91. The molecule has 15 heavy (non-hydrogen) atoms. The van der Waals surface area contributed by atoms with Gasteiger partial charge in [-0.3, -0.25) is 0 Å². The van der Waals surface area contributed by atoms with Gasteiger partial charge >= 0.3 is 0 Å². The minimum absolute atomic E-state index is 0.429. The molecule has 0 amide bonds. The van der Waals surface area contributed by atoms with Crippen LogP contribution in [-0.4, -0.2) is 18.3 Å². The third-order valence-electron chi connectivity index (χ3n) is 2.58. The van der Waals surface area contributed by atoms with Crippen molar-refractivity contribution < 1.29 is 9.84 Å². The molecule has 1 aromatic carbocycles. The molecule has 1 aliphatic heterocycles. The van der Waals surface area contributed by atoms with E-state index in [-0.39, 0.29) is 0 Å². The summed E-state index contributed by atoms with van der Waals surface area (Å²) in [6, 6.07) is 8.10. The molecule has 2 heteroatoms. The van der Waals surface area contributed by atoms with E-state index in [0.717, 1.165) is 12.0 Å². The van der Waals surface area contributed by atoms with Gasteiger partial charge in [-0.1, -0.05) is 45.0 Å². The van der Waals surface area contributed by atoms with Gasteiger partial charge in [-0.2, -0.15) is 0 Å². The third kappa shape index (κ3) is 2.58. The molecule has 84 valence electrons. The smallest absolute Gasteiger partial charge is 0.136 e. The Morgan fingerprint density at radius 3 is 2.07 bits per heavy atom. The molecule has 1 fully saturated rings.